The molecule has 1 aliphatic rings. The van der Waals surface area contributed by atoms with Gasteiger partial charge in [0.1, 0.15) is 12.2 Å². The van der Waals surface area contributed by atoms with Gasteiger partial charge in [0.25, 0.3) is 0 Å². The number of rotatable bonds is 8. The van der Waals surface area contributed by atoms with E-state index in [-0.39, 0.29) is 30.8 Å². The fraction of sp³-hybridized carbons (Fsp3) is 0.308. The molecule has 0 saturated heterocycles. The number of carbonyl (C=O) groups is 1. The number of thiazole rings is 1. The number of benzene rings is 2. The molecule has 2 atom stereocenters. The molecule has 1 N–H and O–H groups in total. The maximum Gasteiger partial charge on any atom is 0.452 e. The van der Waals surface area contributed by atoms with Crippen molar-refractivity contribution in [1.29, 1.82) is 0 Å². The maximum absolute atomic E-state index is 14.2. The summed E-state index contributed by atoms with van der Waals surface area (Å²) < 4.78 is 61.1. The molecule has 0 bridgehead atoms. The summed E-state index contributed by atoms with van der Waals surface area (Å²) in [5.41, 5.74) is 0.994. The Morgan fingerprint density at radius 2 is 1.98 bits per heavy atom. The first-order valence-corrected chi connectivity index (χ1v) is 13.1. The lowest BCUT2D eigenvalue weighted by Crippen LogP contribution is -2.17. The van der Waals surface area contributed by atoms with Crippen molar-refractivity contribution in [3.63, 3.8) is 0 Å². The van der Waals surface area contributed by atoms with Crippen molar-refractivity contribution in [3.05, 3.63) is 80.3 Å². The highest BCUT2D eigenvalue weighted by Gasteiger charge is 2.43. The monoisotopic (exact) mass is 594 g/mol. The van der Waals surface area contributed by atoms with Gasteiger partial charge in [-0.25, -0.2) is 4.98 Å². The maximum atomic E-state index is 14.2. The molecule has 0 fully saturated rings. The minimum atomic E-state index is -4.81. The summed E-state index contributed by atoms with van der Waals surface area (Å²) in [7, 11) is 2.93. The number of ether oxygens (including phenoxy) is 3. The Hall–Kier alpha value is -3.68. The Kier molecular flexibility index (Phi) is 7.71. The first-order chi connectivity index (χ1) is 19.1. The van der Waals surface area contributed by atoms with Crippen molar-refractivity contribution in [3.8, 4) is 17.2 Å². The van der Waals surface area contributed by atoms with Gasteiger partial charge in [-0.3, -0.25) is 9.36 Å². The summed E-state index contributed by atoms with van der Waals surface area (Å²) in [5, 5.41) is 17.2. The number of hydrogen-bond acceptors (Lipinski definition) is 8. The molecular formula is C26H22ClF3N4O5S. The van der Waals surface area contributed by atoms with Crippen molar-refractivity contribution in [2.24, 2.45) is 0 Å². The van der Waals surface area contributed by atoms with Gasteiger partial charge in [-0.15, -0.1) is 21.5 Å². The standard InChI is InChI=1S/C26H22ClF3N4O5S/c1-37-18-5-3-4-15(23(18)38-2)22-16-10-13(27)6-8-17(16)34-24(32-33-25(34)26(28,29)30)19(39-22)11-20-31-12-14(40-20)7-9-21(35)36/h3-6,8,10,12,19,22H,7,9,11H2,1-2H3,(H,35,36)/t19-,22-/m0/s1. The molecule has 9 nitrogen and oxygen atoms in total. The number of methoxy groups -OCH3 is 2. The topological polar surface area (TPSA) is 109 Å². The van der Waals surface area contributed by atoms with Crippen LogP contribution in [-0.2, 0) is 28.5 Å². The van der Waals surface area contributed by atoms with E-state index in [1.54, 1.807) is 30.5 Å². The van der Waals surface area contributed by atoms with Gasteiger partial charge in [0, 0.05) is 33.6 Å². The number of hydrogen-bond donors (Lipinski definition) is 1. The van der Waals surface area contributed by atoms with E-state index in [1.807, 2.05) is 0 Å². The number of nitrogens with zero attached hydrogens (tertiary/aromatic N) is 4. The zero-order valence-electron chi connectivity index (χ0n) is 21.1. The van der Waals surface area contributed by atoms with Crippen molar-refractivity contribution in [1.82, 2.24) is 19.7 Å². The molecule has 2 aromatic heterocycles. The Bertz CT molecular complexity index is 1560. The zero-order chi connectivity index (χ0) is 28.6. The predicted molar refractivity (Wildman–Crippen MR) is 138 cm³/mol. The van der Waals surface area contributed by atoms with E-state index in [9.17, 15) is 18.0 Å². The number of aromatic nitrogens is 4. The number of alkyl halides is 3. The normalized spacial score (nSPS) is 16.6. The van der Waals surface area contributed by atoms with Gasteiger partial charge in [0.15, 0.2) is 17.3 Å². The van der Waals surface area contributed by atoms with E-state index in [0.717, 1.165) is 9.44 Å². The van der Waals surface area contributed by atoms with E-state index in [1.165, 1.54) is 37.7 Å². The highest BCUT2D eigenvalue weighted by atomic mass is 35.5. The van der Waals surface area contributed by atoms with Crippen LogP contribution in [0.25, 0.3) is 5.69 Å². The van der Waals surface area contributed by atoms with Crippen LogP contribution in [0.5, 0.6) is 11.5 Å². The molecular weight excluding hydrogens is 573 g/mol. The molecule has 5 rings (SSSR count). The van der Waals surface area contributed by atoms with E-state index >= 15 is 0 Å². The fourth-order valence-corrected chi connectivity index (χ4v) is 5.74. The summed E-state index contributed by atoms with van der Waals surface area (Å²) in [6, 6.07) is 9.65. The molecule has 3 heterocycles. The summed E-state index contributed by atoms with van der Waals surface area (Å²) in [5.74, 6) is -1.46. The van der Waals surface area contributed by atoms with Gasteiger partial charge in [0.2, 0.25) is 5.82 Å². The van der Waals surface area contributed by atoms with E-state index < -0.39 is 30.2 Å². The summed E-state index contributed by atoms with van der Waals surface area (Å²) in [6.45, 7) is 0. The minimum Gasteiger partial charge on any atom is -0.493 e. The van der Waals surface area contributed by atoms with Crippen molar-refractivity contribution in [2.45, 2.75) is 37.6 Å². The van der Waals surface area contributed by atoms with Crippen LogP contribution >= 0.6 is 22.9 Å². The lowest BCUT2D eigenvalue weighted by atomic mass is 9.98. The third kappa shape index (κ3) is 5.36. The predicted octanol–water partition coefficient (Wildman–Crippen LogP) is 5.83. The molecule has 40 heavy (non-hydrogen) atoms. The average Bonchev–Trinajstić information content (AvgIpc) is 3.54. The van der Waals surface area contributed by atoms with Crippen LogP contribution in [0.2, 0.25) is 5.02 Å². The highest BCUT2D eigenvalue weighted by molar-refractivity contribution is 7.11. The van der Waals surface area contributed by atoms with Crippen LogP contribution in [0.3, 0.4) is 0 Å². The number of aryl methyl sites for hydroxylation is 1. The third-order valence-corrected chi connectivity index (χ3v) is 7.62. The molecule has 0 radical (unpaired) electrons. The number of para-hydroxylation sites is 1. The fourth-order valence-electron chi connectivity index (χ4n) is 4.61. The molecule has 14 heteroatoms. The number of halogens is 4. The molecule has 0 saturated carbocycles. The number of aliphatic carboxylic acids is 1. The van der Waals surface area contributed by atoms with Crippen LogP contribution in [0.4, 0.5) is 13.2 Å². The second kappa shape index (κ2) is 11.1. The van der Waals surface area contributed by atoms with Gasteiger partial charge in [-0.1, -0.05) is 23.7 Å². The Morgan fingerprint density at radius 3 is 2.67 bits per heavy atom. The van der Waals surface area contributed by atoms with E-state index in [0.29, 0.717) is 32.7 Å². The second-order valence-corrected chi connectivity index (χ2v) is 10.5. The molecule has 0 spiro atoms. The highest BCUT2D eigenvalue weighted by Crippen LogP contribution is 2.47. The molecule has 0 amide bonds. The lowest BCUT2D eigenvalue weighted by Gasteiger charge is -2.24. The smallest absolute Gasteiger partial charge is 0.452 e. The summed E-state index contributed by atoms with van der Waals surface area (Å²) >= 11 is 7.60. The van der Waals surface area contributed by atoms with E-state index in [4.69, 9.17) is 30.9 Å². The number of fused-ring (bicyclic) bond motifs is 3. The summed E-state index contributed by atoms with van der Waals surface area (Å²) in [6.07, 6.45) is -4.97. The molecule has 0 unspecified atom stereocenters. The summed E-state index contributed by atoms with van der Waals surface area (Å²) in [4.78, 5) is 16.1. The van der Waals surface area contributed by atoms with Gasteiger partial charge >= 0.3 is 12.1 Å². The van der Waals surface area contributed by atoms with Crippen LogP contribution < -0.4 is 9.47 Å². The second-order valence-electron chi connectivity index (χ2n) is 8.82. The van der Waals surface area contributed by atoms with Gasteiger partial charge in [0.05, 0.1) is 31.3 Å². The molecule has 0 aliphatic carbocycles. The lowest BCUT2D eigenvalue weighted by molar-refractivity contribution is -0.146. The number of carboxylic acids is 1. The van der Waals surface area contributed by atoms with Crippen LogP contribution in [-0.4, -0.2) is 45.0 Å². The molecule has 4 aromatic rings. The van der Waals surface area contributed by atoms with Crippen LogP contribution in [0.15, 0.2) is 42.6 Å². The quantitative estimate of drug-likeness (QED) is 0.271. The Labute approximate surface area is 235 Å². The van der Waals surface area contributed by atoms with Crippen molar-refractivity contribution in [2.75, 3.05) is 14.2 Å². The largest absolute Gasteiger partial charge is 0.493 e. The molecule has 210 valence electrons. The molecule has 2 aromatic carbocycles. The first kappa shape index (κ1) is 27.9. The SMILES string of the molecule is COc1cccc([C@@H]2O[C@@H](Cc3ncc(CCC(=O)O)s3)c3nnc(C(F)(F)F)n3-c3ccc(Cl)cc32)c1OC. The van der Waals surface area contributed by atoms with E-state index in [2.05, 4.69) is 15.2 Å². The van der Waals surface area contributed by atoms with Gasteiger partial charge in [-0.2, -0.15) is 13.2 Å². The van der Waals surface area contributed by atoms with Crippen LogP contribution in [0.1, 0.15) is 51.3 Å². The van der Waals surface area contributed by atoms with Crippen molar-refractivity contribution < 1.29 is 37.3 Å². The Balaban J connectivity index is 1.68. The van der Waals surface area contributed by atoms with Gasteiger partial charge in [-0.05, 0) is 30.7 Å². The average molecular weight is 595 g/mol. The minimum absolute atomic E-state index is 0.0538. The van der Waals surface area contributed by atoms with Crippen LogP contribution in [0, 0.1) is 0 Å². The third-order valence-electron chi connectivity index (χ3n) is 6.31. The Morgan fingerprint density at radius 1 is 1.18 bits per heavy atom. The molecule has 1 aliphatic heterocycles. The first-order valence-electron chi connectivity index (χ1n) is 11.9. The zero-order valence-corrected chi connectivity index (χ0v) is 22.7. The van der Waals surface area contributed by atoms with Crippen molar-refractivity contribution >= 4 is 28.9 Å². The van der Waals surface area contributed by atoms with Gasteiger partial charge < -0.3 is 19.3 Å². The number of carboxylic acid groups (broad SMARTS) is 1.